The van der Waals surface area contributed by atoms with Crippen LogP contribution in [0.3, 0.4) is 0 Å². The standard InChI is InChI=1S/C22H25N5O3.C21H23N5O3.C20H21N5O3/c1-14-9-10-15(18(12-14)30-3)13-23-22-25-20-16(6-4-7-17(20)29-2)21-24-19(8-5-11-28)26-27(21)22;1-13-7-8-14(17(11-13)29-3)12-22-21-24-19-15(5-4-6-16(19)28-2)20-23-18(9-10-27)25-26(20)21;1-12-7-8-13(16(9-12)28-3)10-21-20-23-18-14(5-4-6-15(18)27-2)19-22-17(11-26)24-25(19)20/h4,6-7,9-10,12,28H,5,8,11,13H2,1-3H3,(H,23,25);4-8,11,27H,9-10,12H2,1-3H3,(H,22,24);4-9,26H,10-11H2,1-3H3,(H,21,23). The Morgan fingerprint density at radius 3 is 1.03 bits per heavy atom. The first-order chi connectivity index (χ1) is 42.4. The highest BCUT2D eigenvalue weighted by atomic mass is 16.5. The minimum atomic E-state index is -0.252. The van der Waals surface area contributed by atoms with E-state index in [0.717, 1.165) is 66.8 Å². The number of aliphatic hydroxyl groups excluding tert-OH is 3. The number of nitrogens with zero attached hydrogens (tertiary/aromatic N) is 12. The number of methoxy groups -OCH3 is 6. The van der Waals surface area contributed by atoms with Gasteiger partial charge in [-0.1, -0.05) is 54.6 Å². The summed E-state index contributed by atoms with van der Waals surface area (Å²) in [5, 5.41) is 54.0. The molecule has 6 N–H and O–H groups in total. The Bertz CT molecular complexity index is 4400. The van der Waals surface area contributed by atoms with E-state index in [0.29, 0.717) is 125 Å². The van der Waals surface area contributed by atoms with Crippen LogP contribution in [0.5, 0.6) is 34.5 Å². The lowest BCUT2D eigenvalue weighted by atomic mass is 10.1. The highest BCUT2D eigenvalue weighted by Gasteiger charge is 2.20. The van der Waals surface area contributed by atoms with Crippen LogP contribution in [0.25, 0.3) is 49.7 Å². The highest BCUT2D eigenvalue weighted by molar-refractivity contribution is 5.98. The molecule has 0 bridgehead atoms. The Kier molecular flexibility index (Phi) is 18.8. The zero-order chi connectivity index (χ0) is 61.1. The van der Waals surface area contributed by atoms with Gasteiger partial charge in [-0.25, -0.2) is 29.9 Å². The molecule has 87 heavy (non-hydrogen) atoms. The van der Waals surface area contributed by atoms with Crippen molar-refractivity contribution in [1.29, 1.82) is 0 Å². The van der Waals surface area contributed by atoms with Crippen molar-refractivity contribution in [1.82, 2.24) is 58.7 Å². The van der Waals surface area contributed by atoms with Crippen LogP contribution in [0, 0.1) is 20.8 Å². The molecule has 0 spiro atoms. The number of aromatic nitrogens is 12. The molecule has 0 atom stereocenters. The number of fused-ring (bicyclic) bond motifs is 9. The van der Waals surface area contributed by atoms with Crippen LogP contribution in [0.2, 0.25) is 0 Å². The van der Waals surface area contributed by atoms with Gasteiger partial charge in [0, 0.05) is 71.9 Å². The number of para-hydroxylation sites is 3. The summed E-state index contributed by atoms with van der Waals surface area (Å²) in [6.07, 6.45) is 1.57. The molecular weight excluding hydrogens is 1110 g/mol. The lowest BCUT2D eigenvalue weighted by Crippen LogP contribution is -2.09. The van der Waals surface area contributed by atoms with Gasteiger partial charge in [-0.15, -0.1) is 15.3 Å². The van der Waals surface area contributed by atoms with Gasteiger partial charge in [0.15, 0.2) is 34.4 Å². The average Bonchev–Trinajstić information content (AvgIpc) is 3.25. The number of aryl methyl sites for hydroxylation is 4. The molecule has 0 aliphatic heterocycles. The summed E-state index contributed by atoms with van der Waals surface area (Å²) in [5.41, 5.74) is 10.5. The summed E-state index contributed by atoms with van der Waals surface area (Å²) >= 11 is 0. The lowest BCUT2D eigenvalue weighted by Gasteiger charge is -2.13. The Morgan fingerprint density at radius 2 is 0.713 bits per heavy atom. The van der Waals surface area contributed by atoms with Gasteiger partial charge in [0.05, 0.1) is 49.3 Å². The van der Waals surface area contributed by atoms with Crippen LogP contribution in [0.15, 0.2) is 109 Å². The molecule has 12 aromatic rings. The molecule has 0 unspecified atom stereocenters. The monoisotopic (exact) mass is 1180 g/mol. The molecule has 0 amide bonds. The lowest BCUT2D eigenvalue weighted by molar-refractivity contribution is 0.271. The van der Waals surface area contributed by atoms with Crippen molar-refractivity contribution in [3.8, 4) is 34.5 Å². The number of nitrogens with one attached hydrogen (secondary N) is 3. The smallest absolute Gasteiger partial charge is 0.226 e. The van der Waals surface area contributed by atoms with Gasteiger partial charge in [-0.3, -0.25) is 0 Å². The van der Waals surface area contributed by atoms with Crippen molar-refractivity contribution >= 4 is 67.5 Å². The molecule has 24 heteroatoms. The summed E-state index contributed by atoms with van der Waals surface area (Å²) in [7, 11) is 9.83. The second kappa shape index (κ2) is 27.2. The van der Waals surface area contributed by atoms with E-state index in [4.69, 9.17) is 53.5 Å². The SMILES string of the molecule is COc1cc(C)ccc1CNc1nc2c(OC)cccc2c2nc(CCCO)nn12.COc1cc(C)ccc1CNc1nc2c(OC)cccc2c2nc(CCO)nn12.COc1cc(C)ccc1CNc1nc2c(OC)cccc2c2nc(CO)nn12. The fourth-order valence-corrected chi connectivity index (χ4v) is 9.91. The summed E-state index contributed by atoms with van der Waals surface area (Å²) < 4.78 is 38.0. The second-order valence-corrected chi connectivity index (χ2v) is 20.1. The van der Waals surface area contributed by atoms with Gasteiger partial charge >= 0.3 is 0 Å². The summed E-state index contributed by atoms with van der Waals surface area (Å²) in [6.45, 7) is 7.41. The molecule has 6 aromatic carbocycles. The summed E-state index contributed by atoms with van der Waals surface area (Å²) in [6, 6.07) is 35.3. The second-order valence-electron chi connectivity index (χ2n) is 20.1. The molecule has 0 fully saturated rings. The first-order valence-electron chi connectivity index (χ1n) is 28.0. The molecule has 450 valence electrons. The van der Waals surface area contributed by atoms with Gasteiger partial charge < -0.3 is 59.7 Å². The summed E-state index contributed by atoms with van der Waals surface area (Å²) in [4.78, 5) is 28.0. The van der Waals surface area contributed by atoms with Crippen molar-refractivity contribution in [2.75, 3.05) is 71.8 Å². The van der Waals surface area contributed by atoms with Crippen LogP contribution in [-0.4, -0.2) is 130 Å². The number of hydrogen-bond donors (Lipinski definition) is 6. The third-order valence-corrected chi connectivity index (χ3v) is 14.3. The normalized spacial score (nSPS) is 11.2. The highest BCUT2D eigenvalue weighted by Crippen LogP contribution is 2.33. The van der Waals surface area contributed by atoms with Crippen molar-refractivity contribution in [3.63, 3.8) is 0 Å². The summed E-state index contributed by atoms with van der Waals surface area (Å²) in [5.74, 6) is 7.56. The van der Waals surface area contributed by atoms with E-state index in [-0.39, 0.29) is 19.8 Å². The third kappa shape index (κ3) is 12.9. The third-order valence-electron chi connectivity index (χ3n) is 14.3. The molecule has 0 aliphatic rings. The topological polar surface area (TPSA) is 281 Å². The molecule has 24 nitrogen and oxygen atoms in total. The molecule has 12 rings (SSSR count). The van der Waals surface area contributed by atoms with E-state index >= 15 is 0 Å². The molecule has 0 saturated carbocycles. The predicted octanol–water partition coefficient (Wildman–Crippen LogP) is 8.60. The molecule has 0 radical (unpaired) electrons. The van der Waals surface area contributed by atoms with Crippen LogP contribution < -0.4 is 44.4 Å². The Hall–Kier alpha value is -10.2. The van der Waals surface area contributed by atoms with Crippen molar-refractivity contribution in [2.24, 2.45) is 0 Å². The Labute approximate surface area is 500 Å². The fraction of sp³-hybridized carbons (Fsp3) is 0.286. The maximum Gasteiger partial charge on any atom is 0.226 e. The largest absolute Gasteiger partial charge is 0.496 e. The maximum absolute atomic E-state index is 9.48. The van der Waals surface area contributed by atoms with E-state index in [1.807, 2.05) is 124 Å². The van der Waals surface area contributed by atoms with Gasteiger partial charge in [-0.2, -0.15) is 13.5 Å². The number of benzene rings is 6. The zero-order valence-electron chi connectivity index (χ0n) is 49.9. The Balaban J connectivity index is 0.000000145. The number of rotatable bonds is 21. The van der Waals surface area contributed by atoms with Gasteiger partial charge in [0.2, 0.25) is 17.8 Å². The van der Waals surface area contributed by atoms with Crippen LogP contribution in [-0.2, 0) is 39.1 Å². The van der Waals surface area contributed by atoms with Crippen LogP contribution >= 0.6 is 0 Å². The Morgan fingerprint density at radius 1 is 0.379 bits per heavy atom. The minimum absolute atomic E-state index is 0.0190. The van der Waals surface area contributed by atoms with Gasteiger partial charge in [-0.05, 0) is 98.5 Å². The average molecular weight is 1180 g/mol. The molecule has 6 aromatic heterocycles. The van der Waals surface area contributed by atoms with E-state index in [2.05, 4.69) is 47.3 Å². The van der Waals surface area contributed by atoms with E-state index in [1.165, 1.54) is 0 Å². The van der Waals surface area contributed by atoms with Crippen molar-refractivity contribution < 1.29 is 43.7 Å². The quantitative estimate of drug-likeness (QED) is 0.0393. The number of hydrogen-bond acceptors (Lipinski definition) is 21. The van der Waals surface area contributed by atoms with Crippen molar-refractivity contribution in [3.05, 3.63) is 160 Å². The van der Waals surface area contributed by atoms with E-state index in [9.17, 15) is 10.2 Å². The van der Waals surface area contributed by atoms with Gasteiger partial charge in [0.25, 0.3) is 0 Å². The molecule has 0 saturated heterocycles. The van der Waals surface area contributed by atoms with E-state index in [1.54, 1.807) is 56.2 Å². The molecule has 0 aliphatic carbocycles. The van der Waals surface area contributed by atoms with Crippen LogP contribution in [0.4, 0.5) is 17.8 Å². The number of aliphatic hydroxyl groups is 3. The number of anilines is 3. The fourth-order valence-electron chi connectivity index (χ4n) is 9.91. The molecule has 6 heterocycles. The number of ether oxygens (including phenoxy) is 6. The van der Waals surface area contributed by atoms with E-state index < -0.39 is 0 Å². The zero-order valence-corrected chi connectivity index (χ0v) is 49.9. The minimum Gasteiger partial charge on any atom is -0.496 e. The van der Waals surface area contributed by atoms with Crippen LogP contribution in [0.1, 0.15) is 57.3 Å². The van der Waals surface area contributed by atoms with Gasteiger partial charge in [0.1, 0.15) is 57.7 Å². The maximum atomic E-state index is 9.48. The first kappa shape index (κ1) is 60.0. The van der Waals surface area contributed by atoms with Crippen molar-refractivity contribution in [2.45, 2.75) is 66.3 Å². The molecular formula is C63H69N15O9. The predicted molar refractivity (Wildman–Crippen MR) is 332 cm³/mol. The first-order valence-corrected chi connectivity index (χ1v) is 28.0.